The van der Waals surface area contributed by atoms with E-state index in [0.29, 0.717) is 21.8 Å². The number of benzene rings is 1. The van der Waals surface area contributed by atoms with Crippen molar-refractivity contribution in [1.82, 2.24) is 4.31 Å². The minimum Gasteiger partial charge on any atom is -0.207 e. The minimum absolute atomic E-state index is 0.158. The summed E-state index contributed by atoms with van der Waals surface area (Å²) in [5.74, 6) is 0.324. The van der Waals surface area contributed by atoms with Gasteiger partial charge in [-0.3, -0.25) is 0 Å². The van der Waals surface area contributed by atoms with E-state index in [0.717, 1.165) is 31.2 Å². The van der Waals surface area contributed by atoms with Crippen molar-refractivity contribution in [2.24, 2.45) is 5.92 Å². The smallest absolute Gasteiger partial charge is 0.207 e. The number of hydrogen-bond acceptors (Lipinski definition) is 2. The van der Waals surface area contributed by atoms with Crippen molar-refractivity contribution in [3.05, 3.63) is 28.2 Å². The van der Waals surface area contributed by atoms with E-state index in [2.05, 4.69) is 29.8 Å². The molecule has 1 saturated carbocycles. The van der Waals surface area contributed by atoms with E-state index in [1.165, 1.54) is 0 Å². The fraction of sp³-hybridized carbons (Fsp3) is 0.625. The Morgan fingerprint density at radius 1 is 1.29 bits per heavy atom. The number of sulfonamides is 1. The van der Waals surface area contributed by atoms with Crippen LogP contribution in [-0.2, 0) is 10.0 Å². The maximum absolute atomic E-state index is 13.1. The fourth-order valence-electron chi connectivity index (χ4n) is 2.94. The highest BCUT2D eigenvalue weighted by molar-refractivity contribution is 9.10. The van der Waals surface area contributed by atoms with Crippen molar-refractivity contribution in [2.75, 3.05) is 6.54 Å². The molecule has 0 bridgehead atoms. The van der Waals surface area contributed by atoms with Crippen molar-refractivity contribution in [1.29, 1.82) is 0 Å². The summed E-state index contributed by atoms with van der Waals surface area (Å²) in [4.78, 5) is 0.389. The van der Waals surface area contributed by atoms with Gasteiger partial charge in [0.2, 0.25) is 10.0 Å². The first-order valence-corrected chi connectivity index (χ1v) is 9.83. The molecule has 1 aromatic rings. The lowest BCUT2D eigenvalue weighted by atomic mass is 10.2. The van der Waals surface area contributed by atoms with Gasteiger partial charge >= 0.3 is 0 Å². The molecule has 0 spiro atoms. The summed E-state index contributed by atoms with van der Waals surface area (Å²) in [7, 11) is -3.44. The first-order chi connectivity index (χ1) is 9.82. The summed E-state index contributed by atoms with van der Waals surface area (Å²) >= 11 is 3.42. The molecule has 0 heterocycles. The second-order valence-corrected chi connectivity index (χ2v) is 9.05. The predicted molar refractivity (Wildman–Crippen MR) is 89.9 cm³/mol. The Morgan fingerprint density at radius 3 is 2.43 bits per heavy atom. The molecule has 0 aromatic heterocycles. The van der Waals surface area contributed by atoms with Gasteiger partial charge in [0.05, 0.1) is 4.90 Å². The van der Waals surface area contributed by atoms with Gasteiger partial charge in [0.1, 0.15) is 0 Å². The molecule has 3 nitrogen and oxygen atoms in total. The Bertz CT molecular complexity index is 592. The summed E-state index contributed by atoms with van der Waals surface area (Å²) in [5.41, 5.74) is 1.05. The maximum atomic E-state index is 13.1. The zero-order chi connectivity index (χ0) is 15.6. The van der Waals surface area contributed by atoms with Gasteiger partial charge in [0.25, 0.3) is 0 Å². The van der Waals surface area contributed by atoms with Gasteiger partial charge in [-0.25, -0.2) is 8.42 Å². The van der Waals surface area contributed by atoms with Gasteiger partial charge in [0.15, 0.2) is 0 Å². The number of hydrogen-bond donors (Lipinski definition) is 0. The summed E-state index contributed by atoms with van der Waals surface area (Å²) in [5, 5.41) is 0. The molecule has 1 aliphatic carbocycles. The third-order valence-electron chi connectivity index (χ3n) is 3.95. The molecule has 0 radical (unpaired) electrons. The van der Waals surface area contributed by atoms with Crippen molar-refractivity contribution in [2.45, 2.75) is 57.4 Å². The molecule has 5 heteroatoms. The van der Waals surface area contributed by atoms with Gasteiger partial charge in [-0.2, -0.15) is 4.31 Å². The Hall–Kier alpha value is -0.390. The maximum Gasteiger partial charge on any atom is 0.244 e. The molecule has 0 atom stereocenters. The lowest BCUT2D eigenvalue weighted by Gasteiger charge is -2.30. The third kappa shape index (κ3) is 3.88. The van der Waals surface area contributed by atoms with E-state index in [1.807, 2.05) is 19.1 Å². The average molecular weight is 374 g/mol. The predicted octanol–water partition coefficient (Wildman–Crippen LogP) is 4.35. The summed E-state index contributed by atoms with van der Waals surface area (Å²) in [6.07, 6.45) is 4.22. The van der Waals surface area contributed by atoms with Crippen LogP contribution in [0, 0.1) is 12.8 Å². The van der Waals surface area contributed by atoms with E-state index in [9.17, 15) is 8.42 Å². The van der Waals surface area contributed by atoms with Crippen molar-refractivity contribution in [3.8, 4) is 0 Å². The van der Waals surface area contributed by atoms with Crippen molar-refractivity contribution >= 4 is 26.0 Å². The van der Waals surface area contributed by atoms with Gasteiger partial charge in [-0.1, -0.05) is 32.8 Å². The quantitative estimate of drug-likeness (QED) is 0.769. The van der Waals surface area contributed by atoms with Crippen LogP contribution in [0.5, 0.6) is 0 Å². The Labute approximate surface area is 136 Å². The summed E-state index contributed by atoms with van der Waals surface area (Å²) < 4.78 is 28.6. The van der Waals surface area contributed by atoms with Crippen molar-refractivity contribution < 1.29 is 8.42 Å². The van der Waals surface area contributed by atoms with Gasteiger partial charge in [-0.05, 0) is 59.3 Å². The summed E-state index contributed by atoms with van der Waals surface area (Å²) in [6, 6.07) is 5.61. The lowest BCUT2D eigenvalue weighted by molar-refractivity contribution is 0.292. The van der Waals surface area contributed by atoms with E-state index < -0.39 is 10.0 Å². The number of rotatable bonds is 5. The van der Waals surface area contributed by atoms with Gasteiger partial charge in [-0.15, -0.1) is 0 Å². The normalized spacial score (nSPS) is 17.0. The highest BCUT2D eigenvalue weighted by Crippen LogP contribution is 2.32. The average Bonchev–Trinajstić information content (AvgIpc) is 2.88. The lowest BCUT2D eigenvalue weighted by Crippen LogP contribution is -2.41. The molecule has 0 saturated heterocycles. The molecule has 0 N–H and O–H groups in total. The second kappa shape index (κ2) is 6.80. The fourth-order valence-corrected chi connectivity index (χ4v) is 5.94. The monoisotopic (exact) mass is 373 g/mol. The molecule has 1 fully saturated rings. The van der Waals surface area contributed by atoms with Crippen LogP contribution in [0.2, 0.25) is 0 Å². The van der Waals surface area contributed by atoms with Crippen LogP contribution in [0.4, 0.5) is 0 Å². The minimum atomic E-state index is -3.44. The van der Waals surface area contributed by atoms with E-state index in [1.54, 1.807) is 10.4 Å². The molecule has 21 heavy (non-hydrogen) atoms. The molecule has 0 amide bonds. The molecular formula is C16H24BrNO2S. The largest absolute Gasteiger partial charge is 0.244 e. The number of halogens is 1. The van der Waals surface area contributed by atoms with Crippen LogP contribution >= 0.6 is 15.9 Å². The van der Waals surface area contributed by atoms with Crippen LogP contribution < -0.4 is 0 Å². The number of nitrogens with zero attached hydrogens (tertiary/aromatic N) is 1. The molecule has 0 aliphatic heterocycles. The van der Waals surface area contributed by atoms with Gasteiger partial charge < -0.3 is 0 Å². The Balaban J connectivity index is 2.40. The highest BCUT2D eigenvalue weighted by atomic mass is 79.9. The van der Waals surface area contributed by atoms with Crippen LogP contribution in [0.3, 0.4) is 0 Å². The first kappa shape index (κ1) is 17.0. The van der Waals surface area contributed by atoms with Crippen LogP contribution in [0.1, 0.15) is 45.1 Å². The number of aryl methyl sites for hydroxylation is 1. The zero-order valence-corrected chi connectivity index (χ0v) is 15.4. The van der Waals surface area contributed by atoms with E-state index >= 15 is 0 Å². The SMILES string of the molecule is Cc1ccc(S(=O)(=O)N(CC(C)C)C2CCCC2)c(Br)c1. The molecule has 1 aliphatic rings. The molecule has 1 aromatic carbocycles. The second-order valence-electron chi connectivity index (χ2n) is 6.34. The topological polar surface area (TPSA) is 37.4 Å². The third-order valence-corrected chi connectivity index (χ3v) is 6.85. The summed E-state index contributed by atoms with van der Waals surface area (Å²) in [6.45, 7) is 6.70. The Morgan fingerprint density at radius 2 is 1.90 bits per heavy atom. The van der Waals surface area contributed by atoms with Gasteiger partial charge in [0, 0.05) is 17.1 Å². The molecular weight excluding hydrogens is 350 g/mol. The van der Waals surface area contributed by atoms with E-state index in [4.69, 9.17) is 0 Å². The van der Waals surface area contributed by atoms with Crippen molar-refractivity contribution in [3.63, 3.8) is 0 Å². The Kier molecular flexibility index (Phi) is 5.49. The first-order valence-electron chi connectivity index (χ1n) is 7.60. The van der Waals surface area contributed by atoms with E-state index in [-0.39, 0.29) is 6.04 Å². The molecule has 0 unspecified atom stereocenters. The highest BCUT2D eigenvalue weighted by Gasteiger charge is 2.34. The zero-order valence-electron chi connectivity index (χ0n) is 13.0. The standard InChI is InChI=1S/C16H24BrNO2S/c1-12(2)11-18(14-6-4-5-7-14)21(19,20)16-9-8-13(3)10-15(16)17/h8-10,12,14H,4-7,11H2,1-3H3. The molecule has 118 valence electrons. The van der Waals surface area contributed by atoms with Crippen LogP contribution in [-0.4, -0.2) is 25.3 Å². The van der Waals surface area contributed by atoms with Crippen LogP contribution in [0.15, 0.2) is 27.6 Å². The van der Waals surface area contributed by atoms with Crippen LogP contribution in [0.25, 0.3) is 0 Å². The molecule has 2 rings (SSSR count).